The zero-order valence-electron chi connectivity index (χ0n) is 12.6. The molecule has 0 spiro atoms. The molecule has 1 unspecified atom stereocenters. The average Bonchev–Trinajstić information content (AvgIpc) is 2.47. The molecule has 0 aliphatic carbocycles. The summed E-state index contributed by atoms with van der Waals surface area (Å²) in [7, 11) is 0. The van der Waals surface area contributed by atoms with Crippen LogP contribution in [0.2, 0.25) is 0 Å². The van der Waals surface area contributed by atoms with Crippen molar-refractivity contribution in [2.75, 3.05) is 31.5 Å². The molecule has 1 aliphatic heterocycles. The first-order valence-corrected chi connectivity index (χ1v) is 8.76. The van der Waals surface area contributed by atoms with E-state index in [0.29, 0.717) is 12.6 Å². The first-order valence-electron chi connectivity index (χ1n) is 7.68. The highest BCUT2D eigenvalue weighted by Crippen LogP contribution is 2.13. The summed E-state index contributed by atoms with van der Waals surface area (Å²) >= 11 is 2.25. The third-order valence-electron chi connectivity index (χ3n) is 3.81. The lowest BCUT2D eigenvalue weighted by atomic mass is 10.0. The monoisotopic (exact) mass is 401 g/mol. The predicted octanol–water partition coefficient (Wildman–Crippen LogP) is 2.69. The van der Waals surface area contributed by atoms with E-state index >= 15 is 0 Å². The fraction of sp³-hybridized carbons (Fsp3) is 0.562. The molecule has 21 heavy (non-hydrogen) atoms. The Morgan fingerprint density at radius 3 is 3.00 bits per heavy atom. The number of piperidine rings is 1. The van der Waals surface area contributed by atoms with Crippen molar-refractivity contribution in [2.24, 2.45) is 0 Å². The van der Waals surface area contributed by atoms with Gasteiger partial charge in [-0.2, -0.15) is 0 Å². The van der Waals surface area contributed by atoms with Crippen LogP contribution in [0.15, 0.2) is 24.3 Å². The van der Waals surface area contributed by atoms with Crippen molar-refractivity contribution in [2.45, 2.75) is 32.2 Å². The second-order valence-electron chi connectivity index (χ2n) is 5.53. The number of benzene rings is 1. The predicted molar refractivity (Wildman–Crippen MR) is 95.5 cm³/mol. The van der Waals surface area contributed by atoms with E-state index in [9.17, 15) is 4.79 Å². The minimum atomic E-state index is 0.0645. The van der Waals surface area contributed by atoms with Crippen molar-refractivity contribution in [1.82, 2.24) is 10.2 Å². The van der Waals surface area contributed by atoms with Crippen LogP contribution in [0.5, 0.6) is 0 Å². The normalized spacial score (nSPS) is 18.7. The molecule has 1 atom stereocenters. The number of rotatable bonds is 6. The Morgan fingerprint density at radius 1 is 1.48 bits per heavy atom. The molecule has 116 valence electrons. The lowest BCUT2D eigenvalue weighted by Crippen LogP contribution is -2.45. The molecular weight excluding hydrogens is 377 g/mol. The zero-order chi connectivity index (χ0) is 15.1. The van der Waals surface area contributed by atoms with E-state index in [1.807, 2.05) is 24.3 Å². The number of anilines is 1. The lowest BCUT2D eigenvalue weighted by Gasteiger charge is -2.29. The fourth-order valence-electron chi connectivity index (χ4n) is 2.67. The number of hydrogen-bond acceptors (Lipinski definition) is 3. The summed E-state index contributed by atoms with van der Waals surface area (Å²) < 4.78 is 1.13. The molecule has 1 fully saturated rings. The SMILES string of the molecule is CCN(CC(=O)Nc1cccc(I)c1)CC1CCCCN1. The van der Waals surface area contributed by atoms with E-state index in [4.69, 9.17) is 0 Å². The fourth-order valence-corrected chi connectivity index (χ4v) is 3.21. The number of likely N-dealkylation sites (N-methyl/N-ethyl adjacent to an activating group) is 1. The molecule has 1 heterocycles. The van der Waals surface area contributed by atoms with Gasteiger partial charge in [-0.1, -0.05) is 19.4 Å². The maximum atomic E-state index is 12.2. The van der Waals surface area contributed by atoms with Crippen molar-refractivity contribution in [3.63, 3.8) is 0 Å². The second-order valence-corrected chi connectivity index (χ2v) is 6.78. The van der Waals surface area contributed by atoms with Gasteiger partial charge >= 0.3 is 0 Å². The summed E-state index contributed by atoms with van der Waals surface area (Å²) in [5.41, 5.74) is 0.874. The van der Waals surface area contributed by atoms with Gasteiger partial charge in [0.2, 0.25) is 5.91 Å². The summed E-state index contributed by atoms with van der Waals surface area (Å²) in [6.45, 7) is 5.53. The maximum Gasteiger partial charge on any atom is 0.238 e. The number of nitrogens with zero attached hydrogens (tertiary/aromatic N) is 1. The summed E-state index contributed by atoms with van der Waals surface area (Å²) in [5.74, 6) is 0.0645. The van der Waals surface area contributed by atoms with Gasteiger partial charge in [-0.3, -0.25) is 9.69 Å². The molecule has 2 rings (SSSR count). The molecule has 5 heteroatoms. The van der Waals surface area contributed by atoms with Crippen molar-refractivity contribution in [3.05, 3.63) is 27.8 Å². The topological polar surface area (TPSA) is 44.4 Å². The van der Waals surface area contributed by atoms with E-state index in [1.165, 1.54) is 19.3 Å². The third-order valence-corrected chi connectivity index (χ3v) is 4.48. The van der Waals surface area contributed by atoms with Gasteiger partial charge in [0.15, 0.2) is 0 Å². The Morgan fingerprint density at radius 2 is 2.33 bits per heavy atom. The van der Waals surface area contributed by atoms with E-state index in [1.54, 1.807) is 0 Å². The number of carbonyl (C=O) groups excluding carboxylic acids is 1. The number of amides is 1. The maximum absolute atomic E-state index is 12.2. The molecule has 0 radical (unpaired) electrons. The van der Waals surface area contributed by atoms with Crippen LogP contribution in [0.1, 0.15) is 26.2 Å². The molecule has 4 nitrogen and oxygen atoms in total. The molecule has 1 aromatic carbocycles. The van der Waals surface area contributed by atoms with Gasteiger partial charge in [-0.05, 0) is 66.7 Å². The quantitative estimate of drug-likeness (QED) is 0.721. The van der Waals surface area contributed by atoms with Crippen LogP contribution in [-0.4, -0.2) is 43.0 Å². The molecule has 1 aliphatic rings. The van der Waals surface area contributed by atoms with Gasteiger partial charge in [0.1, 0.15) is 0 Å². The first-order chi connectivity index (χ1) is 10.2. The van der Waals surface area contributed by atoms with E-state index in [-0.39, 0.29) is 5.91 Å². The van der Waals surface area contributed by atoms with E-state index in [0.717, 1.165) is 28.9 Å². The minimum absolute atomic E-state index is 0.0645. The molecule has 0 aromatic heterocycles. The van der Waals surface area contributed by atoms with Crippen molar-refractivity contribution in [3.8, 4) is 0 Å². The van der Waals surface area contributed by atoms with Gasteiger partial charge < -0.3 is 10.6 Å². The summed E-state index contributed by atoms with van der Waals surface area (Å²) in [5, 5.41) is 6.52. The van der Waals surface area contributed by atoms with Gasteiger partial charge in [0.05, 0.1) is 6.54 Å². The average molecular weight is 401 g/mol. The van der Waals surface area contributed by atoms with Gasteiger partial charge in [0.25, 0.3) is 0 Å². The second kappa shape index (κ2) is 8.70. The Kier molecular flexibility index (Phi) is 6.92. The highest BCUT2D eigenvalue weighted by atomic mass is 127. The molecule has 1 saturated heterocycles. The summed E-state index contributed by atoms with van der Waals surface area (Å²) in [6, 6.07) is 8.42. The van der Waals surface area contributed by atoms with Crippen LogP contribution in [0.25, 0.3) is 0 Å². The van der Waals surface area contributed by atoms with Crippen LogP contribution in [0.3, 0.4) is 0 Å². The Hall–Kier alpha value is -0.660. The molecule has 2 N–H and O–H groups in total. The number of carbonyl (C=O) groups is 1. The largest absolute Gasteiger partial charge is 0.325 e. The first kappa shape index (κ1) is 16.7. The van der Waals surface area contributed by atoms with Gasteiger partial charge in [-0.25, -0.2) is 0 Å². The van der Waals surface area contributed by atoms with Crippen LogP contribution in [0, 0.1) is 3.57 Å². The zero-order valence-corrected chi connectivity index (χ0v) is 14.7. The van der Waals surface area contributed by atoms with Crippen molar-refractivity contribution in [1.29, 1.82) is 0 Å². The molecule has 1 aromatic rings. The summed E-state index contributed by atoms with van der Waals surface area (Å²) in [6.07, 6.45) is 3.79. The highest BCUT2D eigenvalue weighted by molar-refractivity contribution is 14.1. The van der Waals surface area contributed by atoms with Crippen LogP contribution >= 0.6 is 22.6 Å². The van der Waals surface area contributed by atoms with Crippen LogP contribution in [-0.2, 0) is 4.79 Å². The molecule has 0 saturated carbocycles. The lowest BCUT2D eigenvalue weighted by molar-refractivity contribution is -0.117. The summed E-state index contributed by atoms with van der Waals surface area (Å²) in [4.78, 5) is 14.4. The number of nitrogens with one attached hydrogen (secondary N) is 2. The highest BCUT2D eigenvalue weighted by Gasteiger charge is 2.17. The number of halogens is 1. The Bertz CT molecular complexity index is 461. The molecular formula is C16H24IN3O. The van der Waals surface area contributed by atoms with Gasteiger partial charge in [-0.15, -0.1) is 0 Å². The molecule has 1 amide bonds. The van der Waals surface area contributed by atoms with Crippen LogP contribution in [0.4, 0.5) is 5.69 Å². The Labute approximate surface area is 140 Å². The minimum Gasteiger partial charge on any atom is -0.325 e. The smallest absolute Gasteiger partial charge is 0.238 e. The van der Waals surface area contributed by atoms with E-state index in [2.05, 4.69) is 45.0 Å². The molecule has 0 bridgehead atoms. The van der Waals surface area contributed by atoms with E-state index < -0.39 is 0 Å². The standard InChI is InChI=1S/C16H24IN3O/c1-2-20(11-15-7-3-4-9-18-15)12-16(21)19-14-8-5-6-13(17)10-14/h5-6,8,10,15,18H,2-4,7,9,11-12H2,1H3,(H,19,21). The van der Waals surface area contributed by atoms with Crippen LogP contribution < -0.4 is 10.6 Å². The van der Waals surface area contributed by atoms with Gasteiger partial charge in [0, 0.05) is 21.8 Å². The van der Waals surface area contributed by atoms with Crippen molar-refractivity contribution < 1.29 is 4.79 Å². The van der Waals surface area contributed by atoms with Crippen molar-refractivity contribution >= 4 is 34.2 Å². The third kappa shape index (κ3) is 5.92. The Balaban J connectivity index is 1.81. The number of hydrogen-bond donors (Lipinski definition) is 2.